The number of pyridine rings is 1. The van der Waals surface area contributed by atoms with Gasteiger partial charge in [-0.1, -0.05) is 35.9 Å². The molecule has 0 radical (unpaired) electrons. The predicted octanol–water partition coefficient (Wildman–Crippen LogP) is 5.23. The van der Waals surface area contributed by atoms with E-state index in [-0.39, 0.29) is 12.2 Å². The van der Waals surface area contributed by atoms with Gasteiger partial charge < -0.3 is 4.74 Å². The summed E-state index contributed by atoms with van der Waals surface area (Å²) in [5.41, 5.74) is 7.31. The van der Waals surface area contributed by atoms with Gasteiger partial charge in [-0.25, -0.2) is 9.67 Å². The van der Waals surface area contributed by atoms with Crippen molar-refractivity contribution in [2.75, 3.05) is 0 Å². The molecule has 0 N–H and O–H groups in total. The van der Waals surface area contributed by atoms with Crippen LogP contribution in [0.2, 0.25) is 0 Å². The molecule has 3 aromatic heterocycles. The number of fused-ring (bicyclic) bond motifs is 1. The number of ether oxygens (including phenoxy) is 1. The molecule has 0 spiro atoms. The molecule has 0 atom stereocenters. The van der Waals surface area contributed by atoms with Crippen LogP contribution in [-0.4, -0.2) is 19.2 Å². The molecule has 0 aliphatic heterocycles. The fourth-order valence-electron chi connectivity index (χ4n) is 4.45. The van der Waals surface area contributed by atoms with Crippen LogP contribution < -0.4 is 10.3 Å². The van der Waals surface area contributed by atoms with Crippen molar-refractivity contribution in [3.8, 4) is 28.8 Å². The molecule has 7 nitrogen and oxygen atoms in total. The van der Waals surface area contributed by atoms with E-state index in [1.807, 2.05) is 48.9 Å². The lowest BCUT2D eigenvalue weighted by Gasteiger charge is -2.12. The maximum absolute atomic E-state index is 13.6. The quantitative estimate of drug-likeness (QED) is 0.347. The average molecular weight is 476 g/mol. The summed E-state index contributed by atoms with van der Waals surface area (Å²) >= 11 is 0. The Kier molecular flexibility index (Phi) is 5.87. The third-order valence-corrected chi connectivity index (χ3v) is 6.24. The molecule has 0 fully saturated rings. The molecule has 36 heavy (non-hydrogen) atoms. The van der Waals surface area contributed by atoms with E-state index in [1.165, 1.54) is 9.96 Å². The molecule has 5 aromatic rings. The Labute approximate surface area is 208 Å². The van der Waals surface area contributed by atoms with Crippen LogP contribution in [0.4, 0.5) is 0 Å². The van der Waals surface area contributed by atoms with Gasteiger partial charge in [-0.05, 0) is 63.6 Å². The lowest BCUT2D eigenvalue weighted by atomic mass is 10.1. The van der Waals surface area contributed by atoms with Gasteiger partial charge >= 0.3 is 0 Å². The number of aromatic nitrogens is 4. The number of benzene rings is 2. The van der Waals surface area contributed by atoms with Crippen LogP contribution in [0.5, 0.6) is 5.75 Å². The highest BCUT2D eigenvalue weighted by Gasteiger charge is 2.19. The minimum absolute atomic E-state index is 0.194. The SMILES string of the molecule is Cc1ccc(-n2nc(-c3c(C)nc4c(OCc5ccccc5C#N)cccn4c3=O)cc2C)c(C)c1. The number of aryl methyl sites for hydroxylation is 4. The summed E-state index contributed by atoms with van der Waals surface area (Å²) in [6, 6.07) is 21.1. The molecule has 0 aliphatic rings. The van der Waals surface area contributed by atoms with Gasteiger partial charge in [0.2, 0.25) is 0 Å². The van der Waals surface area contributed by atoms with Crippen molar-refractivity contribution in [1.82, 2.24) is 19.2 Å². The summed E-state index contributed by atoms with van der Waals surface area (Å²) in [5.74, 6) is 0.467. The topological polar surface area (TPSA) is 85.2 Å². The monoisotopic (exact) mass is 475 g/mol. The molecular weight excluding hydrogens is 450 g/mol. The third kappa shape index (κ3) is 4.03. The maximum Gasteiger partial charge on any atom is 0.267 e. The van der Waals surface area contributed by atoms with E-state index in [0.717, 1.165) is 22.5 Å². The third-order valence-electron chi connectivity index (χ3n) is 6.24. The van der Waals surface area contributed by atoms with Crippen LogP contribution in [0.3, 0.4) is 0 Å². The Balaban J connectivity index is 1.56. The Bertz CT molecular complexity index is 1720. The summed E-state index contributed by atoms with van der Waals surface area (Å²) in [4.78, 5) is 18.4. The molecule has 0 aliphatic carbocycles. The van der Waals surface area contributed by atoms with Crippen LogP contribution in [0.1, 0.15) is 33.6 Å². The summed E-state index contributed by atoms with van der Waals surface area (Å²) in [6.45, 7) is 8.09. The first-order valence-electron chi connectivity index (χ1n) is 11.6. The van der Waals surface area contributed by atoms with Gasteiger partial charge in [-0.3, -0.25) is 9.20 Å². The van der Waals surface area contributed by atoms with E-state index < -0.39 is 0 Å². The molecule has 7 heteroatoms. The van der Waals surface area contributed by atoms with Gasteiger partial charge in [0.05, 0.1) is 28.6 Å². The fourth-order valence-corrected chi connectivity index (χ4v) is 4.45. The Hall–Kier alpha value is -4.70. The van der Waals surface area contributed by atoms with Crippen molar-refractivity contribution in [1.29, 1.82) is 5.26 Å². The van der Waals surface area contributed by atoms with Gasteiger partial charge in [0.15, 0.2) is 11.4 Å². The normalized spacial score (nSPS) is 11.0. The minimum Gasteiger partial charge on any atom is -0.485 e. The van der Waals surface area contributed by atoms with Crippen LogP contribution >= 0.6 is 0 Å². The van der Waals surface area contributed by atoms with E-state index in [4.69, 9.17) is 14.8 Å². The fraction of sp³-hybridized carbons (Fsp3) is 0.172. The molecule has 0 saturated carbocycles. The van der Waals surface area contributed by atoms with Crippen LogP contribution in [0.15, 0.2) is 71.7 Å². The number of hydrogen-bond donors (Lipinski definition) is 0. The van der Waals surface area contributed by atoms with E-state index in [0.29, 0.717) is 33.9 Å². The van der Waals surface area contributed by atoms with Gasteiger partial charge in [0, 0.05) is 17.5 Å². The zero-order valence-corrected chi connectivity index (χ0v) is 20.6. The van der Waals surface area contributed by atoms with Crippen molar-refractivity contribution in [2.45, 2.75) is 34.3 Å². The van der Waals surface area contributed by atoms with E-state index in [1.54, 1.807) is 24.4 Å². The van der Waals surface area contributed by atoms with E-state index in [9.17, 15) is 10.1 Å². The summed E-state index contributed by atoms with van der Waals surface area (Å²) in [6.07, 6.45) is 1.68. The highest BCUT2D eigenvalue weighted by Crippen LogP contribution is 2.25. The zero-order valence-electron chi connectivity index (χ0n) is 20.6. The molecule has 0 unspecified atom stereocenters. The molecule has 0 bridgehead atoms. The molecular formula is C29H25N5O2. The highest BCUT2D eigenvalue weighted by atomic mass is 16.5. The number of hydrogen-bond acceptors (Lipinski definition) is 5. The van der Waals surface area contributed by atoms with Crippen LogP contribution in [-0.2, 0) is 6.61 Å². The first-order chi connectivity index (χ1) is 17.4. The molecule has 3 heterocycles. The number of nitrogens with zero attached hydrogens (tertiary/aromatic N) is 5. The molecule has 2 aromatic carbocycles. The van der Waals surface area contributed by atoms with Gasteiger partial charge in [-0.2, -0.15) is 10.4 Å². The lowest BCUT2D eigenvalue weighted by Crippen LogP contribution is -2.19. The smallest absolute Gasteiger partial charge is 0.267 e. The highest BCUT2D eigenvalue weighted by molar-refractivity contribution is 5.66. The lowest BCUT2D eigenvalue weighted by molar-refractivity contribution is 0.307. The van der Waals surface area contributed by atoms with E-state index in [2.05, 4.69) is 32.0 Å². The first kappa shape index (κ1) is 23.1. The van der Waals surface area contributed by atoms with Crippen molar-refractivity contribution in [2.24, 2.45) is 0 Å². The molecule has 178 valence electrons. The Morgan fingerprint density at radius 3 is 2.58 bits per heavy atom. The summed E-state index contributed by atoms with van der Waals surface area (Å²) in [7, 11) is 0. The summed E-state index contributed by atoms with van der Waals surface area (Å²) in [5, 5.41) is 14.1. The first-order valence-corrected chi connectivity index (χ1v) is 11.6. The zero-order chi connectivity index (χ0) is 25.4. The van der Waals surface area contributed by atoms with Crippen molar-refractivity contribution in [3.05, 3.63) is 111 Å². The maximum atomic E-state index is 13.6. The summed E-state index contributed by atoms with van der Waals surface area (Å²) < 4.78 is 9.36. The molecule has 0 amide bonds. The molecule has 5 rings (SSSR count). The van der Waals surface area contributed by atoms with Crippen LogP contribution in [0.25, 0.3) is 22.6 Å². The Morgan fingerprint density at radius 2 is 1.81 bits per heavy atom. The Morgan fingerprint density at radius 1 is 1.00 bits per heavy atom. The second-order valence-electron chi connectivity index (χ2n) is 8.87. The largest absolute Gasteiger partial charge is 0.485 e. The number of nitriles is 1. The standard InChI is InChI=1S/C29H25N5O2/c1-18-11-12-25(19(2)14-18)34-20(3)15-24(32-34)27-21(4)31-28-26(10-7-13-33(28)29(27)35)36-17-23-9-6-5-8-22(23)16-30/h5-15H,17H2,1-4H3. The second-order valence-corrected chi connectivity index (χ2v) is 8.87. The van der Waals surface area contributed by atoms with Crippen molar-refractivity contribution >= 4 is 5.65 Å². The number of rotatable bonds is 5. The minimum atomic E-state index is -0.217. The predicted molar refractivity (Wildman–Crippen MR) is 138 cm³/mol. The van der Waals surface area contributed by atoms with Gasteiger partial charge in [-0.15, -0.1) is 0 Å². The van der Waals surface area contributed by atoms with Crippen LogP contribution in [0, 0.1) is 39.0 Å². The van der Waals surface area contributed by atoms with Gasteiger partial charge in [0.1, 0.15) is 12.3 Å². The second kappa shape index (κ2) is 9.16. The average Bonchev–Trinajstić information content (AvgIpc) is 3.23. The van der Waals surface area contributed by atoms with Crippen molar-refractivity contribution < 1.29 is 4.74 Å². The van der Waals surface area contributed by atoms with Gasteiger partial charge in [0.25, 0.3) is 5.56 Å². The molecule has 0 saturated heterocycles. The van der Waals surface area contributed by atoms with Crippen molar-refractivity contribution in [3.63, 3.8) is 0 Å². The van der Waals surface area contributed by atoms with E-state index >= 15 is 0 Å².